The van der Waals surface area contributed by atoms with Gasteiger partial charge < -0.3 is 19.5 Å². The minimum atomic E-state index is -1.17. The second-order valence-corrected chi connectivity index (χ2v) is 7.99. The molecule has 0 spiro atoms. The zero-order valence-corrected chi connectivity index (χ0v) is 18.1. The van der Waals surface area contributed by atoms with Crippen molar-refractivity contribution in [2.45, 2.75) is 18.7 Å². The molecule has 2 bridgehead atoms. The standard InChI is InChI=1S/C22H21ClN2O4S/c1-4-12-28-20(26)17-18-15-6-5-7-16(27-3)19(15)29-22(17,2)25(21(30)24-18)14-10-8-13(23)9-11-14/h4-11,17-18H,1,12H2,2-3H3,(H,24,30). The number of thiocarbonyl (C=S) groups is 1. The molecule has 6 nitrogen and oxygen atoms in total. The van der Waals surface area contributed by atoms with Gasteiger partial charge in [0, 0.05) is 16.3 Å². The van der Waals surface area contributed by atoms with Gasteiger partial charge in [0.25, 0.3) is 0 Å². The van der Waals surface area contributed by atoms with Crippen LogP contribution < -0.4 is 19.7 Å². The smallest absolute Gasteiger partial charge is 0.317 e. The third-order valence-electron chi connectivity index (χ3n) is 5.39. The summed E-state index contributed by atoms with van der Waals surface area (Å²) in [7, 11) is 1.58. The largest absolute Gasteiger partial charge is 0.493 e. The van der Waals surface area contributed by atoms with Crippen LogP contribution in [0.5, 0.6) is 11.5 Å². The second kappa shape index (κ2) is 7.81. The molecule has 0 amide bonds. The Kier molecular flexibility index (Phi) is 5.34. The lowest BCUT2D eigenvalue weighted by Crippen LogP contribution is -2.71. The molecule has 0 saturated carbocycles. The molecule has 0 aromatic heterocycles. The summed E-state index contributed by atoms with van der Waals surface area (Å²) in [6, 6.07) is 12.3. The minimum Gasteiger partial charge on any atom is -0.493 e. The van der Waals surface area contributed by atoms with Gasteiger partial charge in [-0.25, -0.2) is 0 Å². The van der Waals surface area contributed by atoms with Crippen molar-refractivity contribution in [2.24, 2.45) is 5.92 Å². The highest BCUT2D eigenvalue weighted by atomic mass is 35.5. The van der Waals surface area contributed by atoms with E-state index < -0.39 is 23.7 Å². The summed E-state index contributed by atoms with van der Waals surface area (Å²) < 4.78 is 17.5. The van der Waals surface area contributed by atoms with Gasteiger partial charge in [-0.15, -0.1) is 0 Å². The number of hydrogen-bond acceptors (Lipinski definition) is 5. The maximum atomic E-state index is 13.2. The fourth-order valence-electron chi connectivity index (χ4n) is 4.10. The van der Waals surface area contributed by atoms with Crippen molar-refractivity contribution in [3.05, 3.63) is 65.7 Å². The third kappa shape index (κ3) is 3.18. The number of benzene rings is 2. The Labute approximate surface area is 185 Å². The average molecular weight is 445 g/mol. The van der Waals surface area contributed by atoms with Gasteiger partial charge in [-0.05, 0) is 49.5 Å². The van der Waals surface area contributed by atoms with Crippen LogP contribution in [0.3, 0.4) is 0 Å². The first-order chi connectivity index (χ1) is 14.4. The van der Waals surface area contributed by atoms with E-state index in [4.69, 9.17) is 38.0 Å². The van der Waals surface area contributed by atoms with E-state index in [1.54, 1.807) is 24.1 Å². The van der Waals surface area contributed by atoms with Gasteiger partial charge in [-0.2, -0.15) is 0 Å². The summed E-state index contributed by atoms with van der Waals surface area (Å²) >= 11 is 11.8. The summed E-state index contributed by atoms with van der Waals surface area (Å²) in [5.41, 5.74) is 0.351. The SMILES string of the molecule is C=CCOC(=O)C1C2NC(=S)N(c3ccc(Cl)cc3)C1(C)Oc1c(OC)cccc12. The fourth-order valence-corrected chi connectivity index (χ4v) is 4.64. The number of ether oxygens (including phenoxy) is 3. The first-order valence-corrected chi connectivity index (χ1v) is 10.2. The molecule has 2 aromatic carbocycles. The number of carbonyl (C=O) groups is 1. The average Bonchev–Trinajstić information content (AvgIpc) is 2.72. The Hall–Kier alpha value is -2.77. The predicted molar refractivity (Wildman–Crippen MR) is 119 cm³/mol. The molecule has 8 heteroatoms. The topological polar surface area (TPSA) is 60.0 Å². The highest BCUT2D eigenvalue weighted by molar-refractivity contribution is 7.80. The summed E-state index contributed by atoms with van der Waals surface area (Å²) in [5, 5.41) is 4.34. The molecule has 2 aliphatic heterocycles. The maximum absolute atomic E-state index is 13.2. The quantitative estimate of drug-likeness (QED) is 0.420. The van der Waals surface area contributed by atoms with Gasteiger partial charge in [0.05, 0.1) is 13.2 Å². The number of fused-ring (bicyclic) bond motifs is 4. The van der Waals surface area contributed by atoms with Crippen LogP contribution in [0.15, 0.2) is 55.1 Å². The van der Waals surface area contributed by atoms with Crippen LogP contribution in [0.4, 0.5) is 5.69 Å². The summed E-state index contributed by atoms with van der Waals surface area (Å²) in [6.45, 7) is 5.56. The highest BCUT2D eigenvalue weighted by Crippen LogP contribution is 2.52. The summed E-state index contributed by atoms with van der Waals surface area (Å²) in [4.78, 5) is 14.9. The van der Waals surface area contributed by atoms with Crippen LogP contribution in [0, 0.1) is 5.92 Å². The Morgan fingerprint density at radius 3 is 2.77 bits per heavy atom. The van der Waals surface area contributed by atoms with Crippen molar-refractivity contribution < 1.29 is 19.0 Å². The molecule has 4 rings (SSSR count). The normalized spacial score (nSPS) is 24.2. The number of anilines is 1. The molecule has 2 heterocycles. The Morgan fingerprint density at radius 2 is 2.10 bits per heavy atom. The van der Waals surface area contributed by atoms with E-state index in [9.17, 15) is 4.79 Å². The van der Waals surface area contributed by atoms with Gasteiger partial charge in [-0.1, -0.05) is 36.4 Å². The van der Waals surface area contributed by atoms with Crippen LogP contribution in [-0.4, -0.2) is 30.5 Å². The molecule has 2 aromatic rings. The Bertz CT molecular complexity index is 1010. The van der Waals surface area contributed by atoms with Crippen molar-refractivity contribution >= 4 is 40.6 Å². The Morgan fingerprint density at radius 1 is 1.37 bits per heavy atom. The van der Waals surface area contributed by atoms with E-state index in [-0.39, 0.29) is 6.61 Å². The van der Waals surface area contributed by atoms with Crippen LogP contribution in [0.25, 0.3) is 0 Å². The van der Waals surface area contributed by atoms with Crippen molar-refractivity contribution in [3.63, 3.8) is 0 Å². The lowest BCUT2D eigenvalue weighted by Gasteiger charge is -2.55. The van der Waals surface area contributed by atoms with Crippen LogP contribution in [0.2, 0.25) is 5.02 Å². The number of halogens is 1. The number of nitrogens with one attached hydrogen (secondary N) is 1. The number of hydrogen-bond donors (Lipinski definition) is 1. The van der Waals surface area contributed by atoms with E-state index in [1.165, 1.54) is 6.08 Å². The molecule has 1 N–H and O–H groups in total. The number of carbonyl (C=O) groups excluding carboxylic acids is 1. The van der Waals surface area contributed by atoms with Crippen LogP contribution in [0.1, 0.15) is 18.5 Å². The van der Waals surface area contributed by atoms with Gasteiger partial charge in [0.2, 0.25) is 5.72 Å². The molecule has 156 valence electrons. The number of methoxy groups -OCH3 is 1. The zero-order chi connectivity index (χ0) is 21.5. The fraction of sp³-hybridized carbons (Fsp3) is 0.273. The first-order valence-electron chi connectivity index (χ1n) is 9.40. The molecule has 0 aliphatic carbocycles. The van der Waals surface area contributed by atoms with E-state index in [0.29, 0.717) is 21.6 Å². The lowest BCUT2D eigenvalue weighted by molar-refractivity contribution is -0.159. The zero-order valence-electron chi connectivity index (χ0n) is 16.6. The lowest BCUT2D eigenvalue weighted by atomic mass is 9.79. The van der Waals surface area contributed by atoms with Crippen LogP contribution >= 0.6 is 23.8 Å². The van der Waals surface area contributed by atoms with Crippen molar-refractivity contribution in [3.8, 4) is 11.5 Å². The molecule has 30 heavy (non-hydrogen) atoms. The van der Waals surface area contributed by atoms with Gasteiger partial charge >= 0.3 is 5.97 Å². The minimum absolute atomic E-state index is 0.106. The van der Waals surface area contributed by atoms with Gasteiger partial charge in [-0.3, -0.25) is 9.69 Å². The van der Waals surface area contributed by atoms with E-state index in [0.717, 1.165) is 11.3 Å². The van der Waals surface area contributed by atoms with E-state index >= 15 is 0 Å². The molecular formula is C22H21ClN2O4S. The third-order valence-corrected chi connectivity index (χ3v) is 5.94. The predicted octanol–water partition coefficient (Wildman–Crippen LogP) is 4.24. The highest BCUT2D eigenvalue weighted by Gasteiger charge is 2.60. The second-order valence-electron chi connectivity index (χ2n) is 7.17. The first kappa shape index (κ1) is 20.5. The van der Waals surface area contributed by atoms with Gasteiger partial charge in [0.15, 0.2) is 16.6 Å². The van der Waals surface area contributed by atoms with Crippen molar-refractivity contribution in [1.82, 2.24) is 5.32 Å². The summed E-state index contributed by atoms with van der Waals surface area (Å²) in [6.07, 6.45) is 1.53. The monoisotopic (exact) mass is 444 g/mol. The summed E-state index contributed by atoms with van der Waals surface area (Å²) in [5.74, 6) is 0.0193. The maximum Gasteiger partial charge on any atom is 0.317 e. The number of para-hydroxylation sites is 1. The van der Waals surface area contributed by atoms with Gasteiger partial charge in [0.1, 0.15) is 12.5 Å². The molecular weight excluding hydrogens is 424 g/mol. The van der Waals surface area contributed by atoms with E-state index in [1.807, 2.05) is 37.3 Å². The molecule has 2 aliphatic rings. The molecule has 3 unspecified atom stereocenters. The molecule has 0 radical (unpaired) electrons. The molecule has 1 saturated heterocycles. The van der Waals surface area contributed by atoms with Crippen molar-refractivity contribution in [2.75, 3.05) is 18.6 Å². The van der Waals surface area contributed by atoms with E-state index in [2.05, 4.69) is 11.9 Å². The number of nitrogens with zero attached hydrogens (tertiary/aromatic N) is 1. The number of esters is 1. The molecule has 1 fully saturated rings. The van der Waals surface area contributed by atoms with Crippen molar-refractivity contribution in [1.29, 1.82) is 0 Å². The Balaban J connectivity index is 1.89. The van der Waals surface area contributed by atoms with Crippen LogP contribution in [-0.2, 0) is 9.53 Å². The molecule has 3 atom stereocenters. The number of rotatable bonds is 5.